The second-order valence-electron chi connectivity index (χ2n) is 4.37. The molecule has 0 amide bonds. The lowest BCUT2D eigenvalue weighted by molar-refractivity contribution is 0.0432. The predicted octanol–water partition coefficient (Wildman–Crippen LogP) is 3.99. The third kappa shape index (κ3) is 3.33. The van der Waals surface area contributed by atoms with E-state index in [2.05, 4.69) is 12.2 Å². The van der Waals surface area contributed by atoms with Gasteiger partial charge in [-0.1, -0.05) is 23.8 Å². The fourth-order valence-corrected chi connectivity index (χ4v) is 2.18. The Morgan fingerprint density at radius 2 is 2.28 bits per heavy atom. The monoisotopic (exact) mass is 268 g/mol. The molecular weight excluding hydrogens is 255 g/mol. The van der Waals surface area contributed by atoms with E-state index < -0.39 is 11.8 Å². The summed E-state index contributed by atoms with van der Waals surface area (Å²) in [5.74, 6) is -0.582. The molecule has 0 aliphatic heterocycles. The van der Waals surface area contributed by atoms with Crippen LogP contribution in [0, 0.1) is 11.7 Å². The minimum atomic E-state index is -0.491. The fraction of sp³-hybridized carbons (Fsp3) is 0.357. The zero-order valence-corrected chi connectivity index (χ0v) is 10.6. The van der Waals surface area contributed by atoms with Gasteiger partial charge in [-0.2, -0.15) is 0 Å². The van der Waals surface area contributed by atoms with Crippen molar-refractivity contribution in [3.8, 4) is 0 Å². The van der Waals surface area contributed by atoms with E-state index in [0.29, 0.717) is 12.5 Å². The number of esters is 1. The lowest BCUT2D eigenvalue weighted by Crippen LogP contribution is -2.15. The summed E-state index contributed by atoms with van der Waals surface area (Å²) < 4.78 is 18.1. The number of carbonyl (C=O) groups excluding carboxylic acids is 1. The Kier molecular flexibility index (Phi) is 4.37. The maximum atomic E-state index is 12.8. The highest BCUT2D eigenvalue weighted by Crippen LogP contribution is 2.21. The van der Waals surface area contributed by atoms with Gasteiger partial charge in [0.25, 0.3) is 0 Å². The van der Waals surface area contributed by atoms with Gasteiger partial charge in [-0.15, -0.1) is 0 Å². The first-order valence-corrected chi connectivity index (χ1v) is 6.32. The third-order valence-corrected chi connectivity index (χ3v) is 3.29. The first kappa shape index (κ1) is 13.1. The van der Waals surface area contributed by atoms with Gasteiger partial charge >= 0.3 is 5.97 Å². The largest absolute Gasteiger partial charge is 0.462 e. The number of allylic oxidation sites excluding steroid dienone is 2. The molecule has 2 nitrogen and oxygen atoms in total. The molecule has 1 aromatic carbocycles. The summed E-state index contributed by atoms with van der Waals surface area (Å²) in [6, 6.07) is 3.66. The second kappa shape index (κ2) is 6.01. The summed E-state index contributed by atoms with van der Waals surface area (Å²) in [5, 5.41) is 0.0866. The molecule has 0 saturated carbocycles. The van der Waals surface area contributed by atoms with Gasteiger partial charge in [0.15, 0.2) is 0 Å². The quantitative estimate of drug-likeness (QED) is 0.612. The van der Waals surface area contributed by atoms with Crippen LogP contribution in [0.4, 0.5) is 4.39 Å². The lowest BCUT2D eigenvalue weighted by Gasteiger charge is -2.17. The van der Waals surface area contributed by atoms with E-state index in [1.54, 1.807) is 0 Å². The Bertz CT molecular complexity index is 471. The van der Waals surface area contributed by atoms with E-state index in [1.165, 1.54) is 12.1 Å². The number of carbonyl (C=O) groups is 1. The number of rotatable bonds is 3. The standard InChI is InChI=1S/C14H14ClFO2/c15-13-8-11(16)6-7-12(13)14(17)18-9-10-4-2-1-3-5-10/h1-2,6-8,10H,3-5,9H2. The average molecular weight is 269 g/mol. The van der Waals surface area contributed by atoms with Gasteiger partial charge in [0, 0.05) is 0 Å². The molecule has 18 heavy (non-hydrogen) atoms. The molecule has 0 heterocycles. The van der Waals surface area contributed by atoms with Crippen LogP contribution in [0.15, 0.2) is 30.4 Å². The number of ether oxygens (including phenoxy) is 1. The molecule has 4 heteroatoms. The van der Waals surface area contributed by atoms with Crippen LogP contribution in [0.2, 0.25) is 5.02 Å². The Hall–Kier alpha value is -1.35. The van der Waals surface area contributed by atoms with E-state index in [0.717, 1.165) is 25.3 Å². The minimum Gasteiger partial charge on any atom is -0.462 e. The van der Waals surface area contributed by atoms with Crippen molar-refractivity contribution in [3.63, 3.8) is 0 Å². The highest BCUT2D eigenvalue weighted by atomic mass is 35.5. The molecular formula is C14H14ClFO2. The van der Waals surface area contributed by atoms with E-state index >= 15 is 0 Å². The van der Waals surface area contributed by atoms with Crippen LogP contribution in [-0.2, 0) is 4.74 Å². The zero-order valence-electron chi connectivity index (χ0n) is 9.86. The second-order valence-corrected chi connectivity index (χ2v) is 4.78. The van der Waals surface area contributed by atoms with Crippen molar-refractivity contribution >= 4 is 17.6 Å². The van der Waals surface area contributed by atoms with Crippen molar-refractivity contribution in [2.75, 3.05) is 6.61 Å². The van der Waals surface area contributed by atoms with Crippen LogP contribution in [0.25, 0.3) is 0 Å². The summed E-state index contributed by atoms with van der Waals surface area (Å²) in [6.45, 7) is 0.386. The van der Waals surface area contributed by atoms with Gasteiger partial charge in [-0.05, 0) is 43.4 Å². The van der Waals surface area contributed by atoms with Gasteiger partial charge in [0.2, 0.25) is 0 Å². The van der Waals surface area contributed by atoms with Crippen LogP contribution in [0.3, 0.4) is 0 Å². The molecule has 0 N–H and O–H groups in total. The van der Waals surface area contributed by atoms with E-state index in [-0.39, 0.29) is 10.6 Å². The molecule has 0 bridgehead atoms. The summed E-state index contributed by atoms with van der Waals surface area (Å²) >= 11 is 5.79. The molecule has 1 unspecified atom stereocenters. The number of hydrogen-bond acceptors (Lipinski definition) is 2. The predicted molar refractivity (Wildman–Crippen MR) is 68.2 cm³/mol. The number of benzene rings is 1. The van der Waals surface area contributed by atoms with Crippen molar-refractivity contribution in [2.24, 2.45) is 5.92 Å². The third-order valence-electron chi connectivity index (χ3n) is 2.98. The lowest BCUT2D eigenvalue weighted by atomic mass is 9.95. The highest BCUT2D eigenvalue weighted by molar-refractivity contribution is 6.33. The van der Waals surface area contributed by atoms with Gasteiger partial charge in [0.05, 0.1) is 17.2 Å². The van der Waals surface area contributed by atoms with Crippen LogP contribution >= 0.6 is 11.6 Å². The molecule has 0 fully saturated rings. The molecule has 1 aliphatic carbocycles. The topological polar surface area (TPSA) is 26.3 Å². The van der Waals surface area contributed by atoms with Gasteiger partial charge in [-0.3, -0.25) is 0 Å². The molecule has 1 aliphatic rings. The van der Waals surface area contributed by atoms with Crippen molar-refractivity contribution < 1.29 is 13.9 Å². The van der Waals surface area contributed by atoms with Crippen LogP contribution in [0.1, 0.15) is 29.6 Å². The molecule has 0 aromatic heterocycles. The van der Waals surface area contributed by atoms with Crippen LogP contribution in [-0.4, -0.2) is 12.6 Å². The smallest absolute Gasteiger partial charge is 0.339 e. The SMILES string of the molecule is O=C(OCC1CC=CCC1)c1ccc(F)cc1Cl. The van der Waals surface area contributed by atoms with Gasteiger partial charge in [-0.25, -0.2) is 9.18 Å². The Balaban J connectivity index is 1.93. The maximum Gasteiger partial charge on any atom is 0.339 e. The van der Waals surface area contributed by atoms with E-state index in [4.69, 9.17) is 16.3 Å². The Morgan fingerprint density at radius 1 is 1.44 bits per heavy atom. The number of halogens is 2. The van der Waals surface area contributed by atoms with Crippen LogP contribution < -0.4 is 0 Å². The molecule has 0 spiro atoms. The van der Waals surface area contributed by atoms with Crippen molar-refractivity contribution in [1.29, 1.82) is 0 Å². The first-order valence-electron chi connectivity index (χ1n) is 5.94. The highest BCUT2D eigenvalue weighted by Gasteiger charge is 2.16. The molecule has 1 aromatic rings. The molecule has 0 radical (unpaired) electrons. The Labute approximate surface area is 110 Å². The van der Waals surface area contributed by atoms with Crippen molar-refractivity contribution in [1.82, 2.24) is 0 Å². The van der Waals surface area contributed by atoms with Gasteiger partial charge in [0.1, 0.15) is 5.82 Å². The summed E-state index contributed by atoms with van der Waals surface area (Å²) in [6.07, 6.45) is 7.23. The van der Waals surface area contributed by atoms with E-state index in [9.17, 15) is 9.18 Å². The molecule has 2 rings (SSSR count). The summed E-state index contributed by atoms with van der Waals surface area (Å²) in [4.78, 5) is 11.8. The normalized spacial score (nSPS) is 18.7. The Morgan fingerprint density at radius 3 is 2.94 bits per heavy atom. The first-order chi connectivity index (χ1) is 8.66. The number of hydrogen-bond donors (Lipinski definition) is 0. The zero-order chi connectivity index (χ0) is 13.0. The summed E-state index contributed by atoms with van der Waals surface area (Å²) in [7, 11) is 0. The maximum absolute atomic E-state index is 12.8. The molecule has 1 atom stereocenters. The van der Waals surface area contributed by atoms with E-state index in [1.807, 2.05) is 0 Å². The fourth-order valence-electron chi connectivity index (χ4n) is 1.93. The molecule has 0 saturated heterocycles. The summed E-state index contributed by atoms with van der Waals surface area (Å²) in [5.41, 5.74) is 0.212. The van der Waals surface area contributed by atoms with Gasteiger partial charge < -0.3 is 4.74 Å². The average Bonchev–Trinajstić information content (AvgIpc) is 2.37. The van der Waals surface area contributed by atoms with Crippen LogP contribution in [0.5, 0.6) is 0 Å². The van der Waals surface area contributed by atoms with Crippen molar-refractivity contribution in [3.05, 3.63) is 46.8 Å². The van der Waals surface area contributed by atoms with Crippen molar-refractivity contribution in [2.45, 2.75) is 19.3 Å². The minimum absolute atomic E-state index is 0.0866. The molecule has 96 valence electrons.